The molecular weight excluding hydrogens is 170 g/mol. The second-order valence-electron chi connectivity index (χ2n) is 6.46. The molecular formula is C13H29N. The summed E-state index contributed by atoms with van der Waals surface area (Å²) in [6.07, 6.45) is 3.75. The van der Waals surface area contributed by atoms with Crippen molar-refractivity contribution in [3.8, 4) is 0 Å². The fraction of sp³-hybridized carbons (Fsp3) is 1.00. The van der Waals surface area contributed by atoms with Crippen LogP contribution in [0.5, 0.6) is 0 Å². The van der Waals surface area contributed by atoms with E-state index < -0.39 is 0 Å². The van der Waals surface area contributed by atoms with Crippen LogP contribution in [-0.2, 0) is 0 Å². The van der Waals surface area contributed by atoms with Crippen LogP contribution in [0.2, 0.25) is 0 Å². The molecule has 0 aliphatic carbocycles. The molecule has 14 heavy (non-hydrogen) atoms. The van der Waals surface area contributed by atoms with Crippen molar-refractivity contribution in [2.24, 2.45) is 5.41 Å². The van der Waals surface area contributed by atoms with Gasteiger partial charge in [0.05, 0.1) is 0 Å². The molecule has 0 aliphatic heterocycles. The Balaban J connectivity index is 4.06. The van der Waals surface area contributed by atoms with Gasteiger partial charge in [0.15, 0.2) is 0 Å². The summed E-state index contributed by atoms with van der Waals surface area (Å²) in [5.74, 6) is 0. The highest BCUT2D eigenvalue weighted by molar-refractivity contribution is 4.85. The first-order valence-electron chi connectivity index (χ1n) is 5.94. The highest BCUT2D eigenvalue weighted by Crippen LogP contribution is 2.27. The third-order valence-corrected chi connectivity index (χ3v) is 2.33. The smallest absolute Gasteiger partial charge is 0.0132 e. The van der Waals surface area contributed by atoms with Crippen molar-refractivity contribution in [3.63, 3.8) is 0 Å². The van der Waals surface area contributed by atoms with Crippen LogP contribution in [0.15, 0.2) is 0 Å². The minimum Gasteiger partial charge on any atom is -0.309 e. The molecule has 0 saturated carbocycles. The number of hydrogen-bond donors (Lipinski definition) is 1. The molecule has 0 fully saturated rings. The van der Waals surface area contributed by atoms with E-state index in [2.05, 4.69) is 53.8 Å². The molecule has 0 bridgehead atoms. The Bertz CT molecular complexity index is 153. The van der Waals surface area contributed by atoms with E-state index in [1.54, 1.807) is 0 Å². The first-order chi connectivity index (χ1) is 6.16. The van der Waals surface area contributed by atoms with Crippen molar-refractivity contribution in [3.05, 3.63) is 0 Å². The van der Waals surface area contributed by atoms with E-state index in [1.807, 2.05) is 0 Å². The SMILES string of the molecule is CCCC(C)NC(C)(C)CC(C)(C)C. The van der Waals surface area contributed by atoms with Crippen LogP contribution in [0.25, 0.3) is 0 Å². The molecule has 0 aromatic carbocycles. The number of rotatable bonds is 5. The predicted octanol–water partition coefficient (Wildman–Crippen LogP) is 3.98. The van der Waals surface area contributed by atoms with Crippen molar-refractivity contribution in [2.45, 2.75) is 79.3 Å². The van der Waals surface area contributed by atoms with Gasteiger partial charge in [-0.3, -0.25) is 0 Å². The van der Waals surface area contributed by atoms with Crippen molar-refractivity contribution in [1.29, 1.82) is 0 Å². The Labute approximate surface area is 90.7 Å². The molecule has 1 heteroatoms. The molecule has 0 amide bonds. The second kappa shape index (κ2) is 5.16. The summed E-state index contributed by atoms with van der Waals surface area (Å²) >= 11 is 0. The molecule has 1 nitrogen and oxygen atoms in total. The van der Waals surface area contributed by atoms with Gasteiger partial charge in [-0.15, -0.1) is 0 Å². The lowest BCUT2D eigenvalue weighted by Crippen LogP contribution is -2.46. The molecule has 0 aliphatic rings. The Hall–Kier alpha value is -0.0400. The quantitative estimate of drug-likeness (QED) is 0.706. The van der Waals surface area contributed by atoms with Crippen molar-refractivity contribution < 1.29 is 0 Å². The third kappa shape index (κ3) is 7.37. The maximum Gasteiger partial charge on any atom is 0.0132 e. The molecule has 0 aromatic rings. The van der Waals surface area contributed by atoms with Gasteiger partial charge < -0.3 is 5.32 Å². The van der Waals surface area contributed by atoms with Gasteiger partial charge in [0.2, 0.25) is 0 Å². The molecule has 0 rings (SSSR count). The lowest BCUT2D eigenvalue weighted by atomic mass is 9.81. The summed E-state index contributed by atoms with van der Waals surface area (Å²) in [4.78, 5) is 0. The summed E-state index contributed by atoms with van der Waals surface area (Å²) in [6.45, 7) is 16.1. The molecule has 1 N–H and O–H groups in total. The molecule has 1 unspecified atom stereocenters. The van der Waals surface area contributed by atoms with Gasteiger partial charge in [-0.1, -0.05) is 34.1 Å². The van der Waals surface area contributed by atoms with Crippen molar-refractivity contribution >= 4 is 0 Å². The molecule has 0 radical (unpaired) electrons. The van der Waals surface area contributed by atoms with E-state index in [9.17, 15) is 0 Å². The van der Waals surface area contributed by atoms with Gasteiger partial charge >= 0.3 is 0 Å². The summed E-state index contributed by atoms with van der Waals surface area (Å²) < 4.78 is 0. The zero-order chi connectivity index (χ0) is 11.4. The fourth-order valence-electron chi connectivity index (χ4n) is 2.55. The van der Waals surface area contributed by atoms with E-state index in [0.29, 0.717) is 11.5 Å². The van der Waals surface area contributed by atoms with E-state index in [0.717, 1.165) is 0 Å². The molecule has 0 heterocycles. The Morgan fingerprint density at radius 2 is 1.57 bits per heavy atom. The lowest BCUT2D eigenvalue weighted by molar-refractivity contribution is 0.223. The zero-order valence-corrected chi connectivity index (χ0v) is 11.2. The summed E-state index contributed by atoms with van der Waals surface area (Å²) in [6, 6.07) is 0.636. The summed E-state index contributed by atoms with van der Waals surface area (Å²) in [7, 11) is 0. The van der Waals surface area contributed by atoms with Crippen LogP contribution in [0, 0.1) is 5.41 Å². The summed E-state index contributed by atoms with van der Waals surface area (Å²) in [5, 5.41) is 3.71. The molecule has 0 spiro atoms. The van der Waals surface area contributed by atoms with Crippen LogP contribution in [0.1, 0.15) is 67.7 Å². The topological polar surface area (TPSA) is 12.0 Å². The maximum absolute atomic E-state index is 3.71. The average molecular weight is 199 g/mol. The molecule has 0 aromatic heterocycles. The van der Waals surface area contributed by atoms with E-state index >= 15 is 0 Å². The first kappa shape index (κ1) is 14.0. The van der Waals surface area contributed by atoms with Crippen LogP contribution in [0.3, 0.4) is 0 Å². The highest BCUT2D eigenvalue weighted by Gasteiger charge is 2.26. The van der Waals surface area contributed by atoms with Gasteiger partial charge in [-0.05, 0) is 39.0 Å². The Morgan fingerprint density at radius 1 is 1.07 bits per heavy atom. The van der Waals surface area contributed by atoms with Gasteiger partial charge in [-0.25, -0.2) is 0 Å². The highest BCUT2D eigenvalue weighted by atomic mass is 15.0. The zero-order valence-electron chi connectivity index (χ0n) is 11.2. The molecule has 86 valence electrons. The van der Waals surface area contributed by atoms with Crippen LogP contribution < -0.4 is 5.32 Å². The van der Waals surface area contributed by atoms with Gasteiger partial charge in [0, 0.05) is 11.6 Å². The number of hydrogen-bond acceptors (Lipinski definition) is 1. The summed E-state index contributed by atoms with van der Waals surface area (Å²) in [5.41, 5.74) is 0.662. The number of nitrogens with one attached hydrogen (secondary N) is 1. The second-order valence-corrected chi connectivity index (χ2v) is 6.46. The predicted molar refractivity (Wildman–Crippen MR) is 65.7 cm³/mol. The standard InChI is InChI=1S/C13H29N/c1-8-9-11(2)14-13(6,7)10-12(3,4)5/h11,14H,8-10H2,1-7H3. The fourth-order valence-corrected chi connectivity index (χ4v) is 2.55. The largest absolute Gasteiger partial charge is 0.309 e. The molecule has 1 atom stereocenters. The van der Waals surface area contributed by atoms with E-state index in [-0.39, 0.29) is 5.54 Å². The monoisotopic (exact) mass is 199 g/mol. The Kier molecular flexibility index (Phi) is 5.14. The maximum atomic E-state index is 3.71. The van der Waals surface area contributed by atoms with Crippen molar-refractivity contribution in [1.82, 2.24) is 5.32 Å². The van der Waals surface area contributed by atoms with Gasteiger partial charge in [0.1, 0.15) is 0 Å². The average Bonchev–Trinajstić information content (AvgIpc) is 1.78. The van der Waals surface area contributed by atoms with Crippen molar-refractivity contribution in [2.75, 3.05) is 0 Å². The van der Waals surface area contributed by atoms with E-state index in [1.165, 1.54) is 19.3 Å². The van der Waals surface area contributed by atoms with Crippen LogP contribution >= 0.6 is 0 Å². The molecule has 0 saturated heterocycles. The van der Waals surface area contributed by atoms with Gasteiger partial charge in [0.25, 0.3) is 0 Å². The lowest BCUT2D eigenvalue weighted by Gasteiger charge is -2.36. The van der Waals surface area contributed by atoms with Gasteiger partial charge in [-0.2, -0.15) is 0 Å². The van der Waals surface area contributed by atoms with Crippen LogP contribution in [-0.4, -0.2) is 11.6 Å². The minimum atomic E-state index is 0.257. The van der Waals surface area contributed by atoms with Crippen LogP contribution in [0.4, 0.5) is 0 Å². The Morgan fingerprint density at radius 3 is 1.93 bits per heavy atom. The third-order valence-electron chi connectivity index (χ3n) is 2.33. The normalized spacial score (nSPS) is 15.6. The minimum absolute atomic E-state index is 0.257. The van der Waals surface area contributed by atoms with E-state index in [4.69, 9.17) is 0 Å². The first-order valence-corrected chi connectivity index (χ1v) is 5.94.